The molecular weight excluding hydrogens is 446 g/mol. The first-order valence-corrected chi connectivity index (χ1v) is 11.9. The molecule has 2 aliphatic heterocycles. The average Bonchev–Trinajstić information content (AvgIpc) is 3.37. The third kappa shape index (κ3) is 4.92. The Hall–Kier alpha value is -3.21. The Morgan fingerprint density at radius 3 is 2.45 bits per heavy atom. The van der Waals surface area contributed by atoms with Gasteiger partial charge in [-0.2, -0.15) is 4.31 Å². The van der Waals surface area contributed by atoms with Crippen molar-refractivity contribution in [2.45, 2.75) is 30.2 Å². The number of hydrogen-bond donors (Lipinski definition) is 2. The predicted octanol–water partition coefficient (Wildman–Crippen LogP) is 2.41. The third-order valence-corrected chi connectivity index (χ3v) is 7.74. The SMILES string of the molecule is C=CC(=O)NC1CC2CN(S(=O)(=O)c3ccc(N(Cc4ccccc4)C(=O)O)cc3)CC2O1. The lowest BCUT2D eigenvalue weighted by Gasteiger charge is -2.21. The Balaban J connectivity index is 1.44. The molecule has 3 unspecified atom stereocenters. The zero-order valence-electron chi connectivity index (χ0n) is 17.8. The number of sulfonamides is 1. The van der Waals surface area contributed by atoms with Crippen molar-refractivity contribution in [2.24, 2.45) is 5.92 Å². The molecule has 10 heteroatoms. The number of carbonyl (C=O) groups excluding carboxylic acids is 1. The van der Waals surface area contributed by atoms with Crippen LogP contribution < -0.4 is 10.2 Å². The summed E-state index contributed by atoms with van der Waals surface area (Å²) in [6, 6.07) is 15.0. The number of amides is 2. The zero-order valence-corrected chi connectivity index (χ0v) is 18.6. The van der Waals surface area contributed by atoms with E-state index in [-0.39, 0.29) is 35.9 Å². The number of nitrogens with one attached hydrogen (secondary N) is 1. The molecule has 3 atom stereocenters. The molecule has 2 aromatic rings. The van der Waals surface area contributed by atoms with Gasteiger partial charge in [-0.15, -0.1) is 0 Å². The monoisotopic (exact) mass is 471 g/mol. The molecular formula is C23H25N3O6S. The lowest BCUT2D eigenvalue weighted by atomic mass is 10.1. The Bertz CT molecular complexity index is 1120. The van der Waals surface area contributed by atoms with Crippen LogP contribution in [0.3, 0.4) is 0 Å². The van der Waals surface area contributed by atoms with E-state index in [2.05, 4.69) is 11.9 Å². The van der Waals surface area contributed by atoms with Gasteiger partial charge in [0.15, 0.2) is 0 Å². The summed E-state index contributed by atoms with van der Waals surface area (Å²) in [4.78, 5) is 24.5. The number of benzene rings is 2. The second kappa shape index (κ2) is 9.34. The van der Waals surface area contributed by atoms with E-state index in [1.165, 1.54) is 34.6 Å². The standard InChI is InChI=1S/C23H25N3O6S/c1-2-21(27)24-22-12-17-14-25(15-20(17)32-22)33(30,31)19-10-8-18(9-11-19)26(23(28)29)13-16-6-4-3-5-7-16/h2-11,17,20,22H,1,12-15H2,(H,24,27)(H,28,29). The lowest BCUT2D eigenvalue weighted by Crippen LogP contribution is -2.37. The molecule has 9 nitrogen and oxygen atoms in total. The molecule has 0 radical (unpaired) electrons. The minimum atomic E-state index is -3.76. The van der Waals surface area contributed by atoms with Gasteiger partial charge in [-0.1, -0.05) is 36.9 Å². The maximum atomic E-state index is 13.1. The van der Waals surface area contributed by atoms with Crippen LogP contribution in [0.5, 0.6) is 0 Å². The normalized spacial score (nSPS) is 22.5. The molecule has 2 saturated heterocycles. The molecule has 33 heavy (non-hydrogen) atoms. The summed E-state index contributed by atoms with van der Waals surface area (Å²) in [6.07, 6.45) is -0.160. The summed E-state index contributed by atoms with van der Waals surface area (Å²) < 4.78 is 33.4. The number of nitrogens with zero attached hydrogens (tertiary/aromatic N) is 2. The largest absolute Gasteiger partial charge is 0.465 e. The van der Waals surface area contributed by atoms with Gasteiger partial charge in [-0.3, -0.25) is 9.69 Å². The Labute approximate surface area is 192 Å². The van der Waals surface area contributed by atoms with Gasteiger partial charge in [0.2, 0.25) is 15.9 Å². The average molecular weight is 472 g/mol. The molecule has 0 saturated carbocycles. The van der Waals surface area contributed by atoms with Gasteiger partial charge < -0.3 is 15.2 Å². The fourth-order valence-corrected chi connectivity index (χ4v) is 5.72. The molecule has 2 fully saturated rings. The summed E-state index contributed by atoms with van der Waals surface area (Å²) >= 11 is 0. The molecule has 0 aliphatic carbocycles. The highest BCUT2D eigenvalue weighted by Crippen LogP contribution is 2.35. The van der Waals surface area contributed by atoms with Crippen LogP contribution in [0, 0.1) is 5.92 Å². The van der Waals surface area contributed by atoms with Crippen molar-refractivity contribution < 1.29 is 27.9 Å². The number of carboxylic acid groups (broad SMARTS) is 1. The van der Waals surface area contributed by atoms with Crippen molar-refractivity contribution >= 4 is 27.7 Å². The first kappa shape index (κ1) is 23.0. The number of carbonyl (C=O) groups is 2. The van der Waals surface area contributed by atoms with E-state index in [0.29, 0.717) is 18.7 Å². The second-order valence-electron chi connectivity index (χ2n) is 8.04. The van der Waals surface area contributed by atoms with E-state index in [0.717, 1.165) is 10.5 Å². The van der Waals surface area contributed by atoms with E-state index in [4.69, 9.17) is 4.74 Å². The first-order chi connectivity index (χ1) is 15.8. The number of ether oxygens (including phenoxy) is 1. The number of fused-ring (bicyclic) bond motifs is 1. The molecule has 0 bridgehead atoms. The molecule has 2 aliphatic rings. The third-order valence-electron chi connectivity index (χ3n) is 5.89. The minimum Gasteiger partial charge on any atom is -0.465 e. The van der Waals surface area contributed by atoms with Crippen LogP contribution in [-0.4, -0.2) is 55.3 Å². The van der Waals surface area contributed by atoms with E-state index < -0.39 is 22.3 Å². The fourth-order valence-electron chi connectivity index (χ4n) is 4.21. The van der Waals surface area contributed by atoms with Crippen LogP contribution in [0.25, 0.3) is 0 Å². The molecule has 0 spiro atoms. The summed E-state index contributed by atoms with van der Waals surface area (Å²) in [7, 11) is -3.76. The zero-order chi connectivity index (χ0) is 23.6. The van der Waals surface area contributed by atoms with Gasteiger partial charge in [0.25, 0.3) is 0 Å². The van der Waals surface area contributed by atoms with E-state index >= 15 is 0 Å². The smallest absolute Gasteiger partial charge is 0.412 e. The second-order valence-corrected chi connectivity index (χ2v) is 9.98. The summed E-state index contributed by atoms with van der Waals surface area (Å²) in [5.41, 5.74) is 1.20. The van der Waals surface area contributed by atoms with Crippen molar-refractivity contribution in [3.63, 3.8) is 0 Å². The Kier molecular flexibility index (Phi) is 6.50. The molecule has 4 rings (SSSR count). The summed E-state index contributed by atoms with van der Waals surface area (Å²) in [6.45, 7) is 4.06. The van der Waals surface area contributed by atoms with Crippen LogP contribution in [0.4, 0.5) is 10.5 Å². The maximum absolute atomic E-state index is 13.1. The highest BCUT2D eigenvalue weighted by Gasteiger charge is 2.46. The molecule has 2 N–H and O–H groups in total. The number of hydrogen-bond acceptors (Lipinski definition) is 5. The topological polar surface area (TPSA) is 116 Å². The van der Waals surface area contributed by atoms with Crippen molar-refractivity contribution in [2.75, 3.05) is 18.0 Å². The molecule has 2 aromatic carbocycles. The molecule has 2 heterocycles. The van der Waals surface area contributed by atoms with E-state index in [1.807, 2.05) is 30.3 Å². The Morgan fingerprint density at radius 1 is 1.15 bits per heavy atom. The van der Waals surface area contributed by atoms with Crippen LogP contribution in [-0.2, 0) is 26.1 Å². The van der Waals surface area contributed by atoms with Gasteiger partial charge in [0.1, 0.15) is 6.23 Å². The van der Waals surface area contributed by atoms with E-state index in [9.17, 15) is 23.1 Å². The van der Waals surface area contributed by atoms with Crippen molar-refractivity contribution in [1.82, 2.24) is 9.62 Å². The van der Waals surface area contributed by atoms with Gasteiger partial charge in [0.05, 0.1) is 17.5 Å². The van der Waals surface area contributed by atoms with Gasteiger partial charge in [-0.25, -0.2) is 13.2 Å². The van der Waals surface area contributed by atoms with Crippen LogP contribution in [0.1, 0.15) is 12.0 Å². The van der Waals surface area contributed by atoms with Crippen molar-refractivity contribution in [1.29, 1.82) is 0 Å². The first-order valence-electron chi connectivity index (χ1n) is 10.5. The summed E-state index contributed by atoms with van der Waals surface area (Å²) in [5.74, 6) is -0.338. The van der Waals surface area contributed by atoms with Gasteiger partial charge in [0, 0.05) is 24.7 Å². The minimum absolute atomic E-state index is 0.0115. The van der Waals surface area contributed by atoms with Gasteiger partial charge in [-0.05, 0) is 42.3 Å². The van der Waals surface area contributed by atoms with Crippen molar-refractivity contribution in [3.05, 3.63) is 72.8 Å². The summed E-state index contributed by atoms with van der Waals surface area (Å²) in [5, 5.41) is 12.3. The number of anilines is 1. The van der Waals surface area contributed by atoms with Crippen LogP contribution in [0.2, 0.25) is 0 Å². The van der Waals surface area contributed by atoms with Gasteiger partial charge >= 0.3 is 6.09 Å². The molecule has 2 amide bonds. The lowest BCUT2D eigenvalue weighted by molar-refractivity contribution is -0.120. The predicted molar refractivity (Wildman–Crippen MR) is 121 cm³/mol. The van der Waals surface area contributed by atoms with Crippen LogP contribution >= 0.6 is 0 Å². The highest BCUT2D eigenvalue weighted by molar-refractivity contribution is 7.89. The van der Waals surface area contributed by atoms with E-state index in [1.54, 1.807) is 0 Å². The number of rotatable bonds is 7. The molecule has 0 aromatic heterocycles. The quantitative estimate of drug-likeness (QED) is 0.599. The highest BCUT2D eigenvalue weighted by atomic mass is 32.2. The fraction of sp³-hybridized carbons (Fsp3) is 0.304. The molecule has 174 valence electrons. The Morgan fingerprint density at radius 2 is 1.85 bits per heavy atom. The van der Waals surface area contributed by atoms with Crippen LogP contribution in [0.15, 0.2) is 72.1 Å². The maximum Gasteiger partial charge on any atom is 0.412 e. The van der Waals surface area contributed by atoms with Crippen molar-refractivity contribution in [3.8, 4) is 0 Å².